The minimum Gasteiger partial charge on any atom is -0.352 e. The fourth-order valence-electron chi connectivity index (χ4n) is 2.67. The van der Waals surface area contributed by atoms with E-state index >= 15 is 0 Å². The number of anilines is 3. The molecule has 23 heavy (non-hydrogen) atoms. The third-order valence-electron chi connectivity index (χ3n) is 4.02. The lowest BCUT2D eigenvalue weighted by Gasteiger charge is -2.35. The second-order valence-electron chi connectivity index (χ2n) is 5.31. The van der Waals surface area contributed by atoms with Crippen LogP contribution < -0.4 is 14.7 Å². The minimum absolute atomic E-state index is 0.696. The molecular weight excluding hydrogens is 292 g/mol. The highest BCUT2D eigenvalue weighted by Gasteiger charge is 2.20. The van der Waals surface area contributed by atoms with Crippen LogP contribution in [0.15, 0.2) is 24.7 Å². The van der Waals surface area contributed by atoms with E-state index in [-0.39, 0.29) is 0 Å². The molecule has 0 spiro atoms. The first kappa shape index (κ1) is 15.4. The highest BCUT2D eigenvalue weighted by atomic mass is 15.4. The van der Waals surface area contributed by atoms with Crippen molar-refractivity contribution in [3.05, 3.63) is 24.7 Å². The van der Waals surface area contributed by atoms with Crippen molar-refractivity contribution in [3.63, 3.8) is 0 Å². The van der Waals surface area contributed by atoms with Gasteiger partial charge < -0.3 is 14.7 Å². The topological polar surface area (TPSA) is 74.2 Å². The van der Waals surface area contributed by atoms with Crippen LogP contribution in [0.4, 0.5) is 17.7 Å². The zero-order chi connectivity index (χ0) is 16.1. The van der Waals surface area contributed by atoms with E-state index in [1.807, 2.05) is 6.07 Å². The summed E-state index contributed by atoms with van der Waals surface area (Å²) in [6, 6.07) is 1.83. The van der Waals surface area contributed by atoms with Gasteiger partial charge in [-0.3, -0.25) is 0 Å². The van der Waals surface area contributed by atoms with Crippen LogP contribution in [0, 0.1) is 0 Å². The molecule has 0 saturated carbocycles. The monoisotopic (exact) mass is 314 g/mol. The molecule has 0 amide bonds. The predicted molar refractivity (Wildman–Crippen MR) is 89.8 cm³/mol. The molecule has 0 N–H and O–H groups in total. The van der Waals surface area contributed by atoms with Crippen molar-refractivity contribution >= 4 is 17.7 Å². The highest BCUT2D eigenvalue weighted by Crippen LogP contribution is 2.17. The van der Waals surface area contributed by atoms with E-state index in [4.69, 9.17) is 0 Å². The largest absolute Gasteiger partial charge is 0.352 e. The Morgan fingerprint density at radius 2 is 1.65 bits per heavy atom. The highest BCUT2D eigenvalue weighted by molar-refractivity contribution is 5.44. The van der Waals surface area contributed by atoms with Gasteiger partial charge in [0.05, 0.1) is 6.20 Å². The molecule has 8 nitrogen and oxygen atoms in total. The zero-order valence-electron chi connectivity index (χ0n) is 13.6. The first-order valence-corrected chi connectivity index (χ1v) is 8.03. The number of piperazine rings is 1. The predicted octanol–water partition coefficient (Wildman–Crippen LogP) is 0.834. The first-order chi connectivity index (χ1) is 11.3. The summed E-state index contributed by atoms with van der Waals surface area (Å²) in [5.41, 5.74) is 0. The van der Waals surface area contributed by atoms with Crippen molar-refractivity contribution in [2.75, 3.05) is 54.0 Å². The summed E-state index contributed by atoms with van der Waals surface area (Å²) < 4.78 is 0. The Morgan fingerprint density at radius 1 is 1.00 bits per heavy atom. The Kier molecular flexibility index (Phi) is 4.80. The average Bonchev–Trinajstić information content (AvgIpc) is 2.64. The first-order valence-electron chi connectivity index (χ1n) is 8.03. The molecule has 3 rings (SSSR count). The lowest BCUT2D eigenvalue weighted by atomic mass is 10.3. The summed E-state index contributed by atoms with van der Waals surface area (Å²) >= 11 is 0. The van der Waals surface area contributed by atoms with Crippen LogP contribution in [0.25, 0.3) is 0 Å². The molecule has 8 heteroatoms. The SMILES string of the molecule is CCN(CC)c1nncc(N2CCN(c3ncccn3)CC2)n1. The number of aromatic nitrogens is 5. The lowest BCUT2D eigenvalue weighted by Crippen LogP contribution is -2.47. The molecule has 1 aliphatic rings. The number of hydrogen-bond acceptors (Lipinski definition) is 8. The van der Waals surface area contributed by atoms with Gasteiger partial charge in [-0.1, -0.05) is 0 Å². The van der Waals surface area contributed by atoms with Gasteiger partial charge in [-0.2, -0.15) is 10.1 Å². The van der Waals surface area contributed by atoms with Crippen molar-refractivity contribution in [3.8, 4) is 0 Å². The maximum absolute atomic E-state index is 4.66. The molecule has 0 bridgehead atoms. The van der Waals surface area contributed by atoms with Gasteiger partial charge in [-0.15, -0.1) is 5.10 Å². The number of nitrogens with zero attached hydrogens (tertiary/aromatic N) is 8. The normalized spacial score (nSPS) is 14.9. The maximum Gasteiger partial charge on any atom is 0.247 e. The third kappa shape index (κ3) is 3.46. The summed E-state index contributed by atoms with van der Waals surface area (Å²) in [4.78, 5) is 19.8. The molecule has 0 aromatic carbocycles. The molecule has 0 unspecified atom stereocenters. The summed E-state index contributed by atoms with van der Waals surface area (Å²) in [6.07, 6.45) is 5.29. The molecule has 122 valence electrons. The van der Waals surface area contributed by atoms with Gasteiger partial charge in [0, 0.05) is 51.7 Å². The molecule has 2 aromatic rings. The Balaban J connectivity index is 1.67. The van der Waals surface area contributed by atoms with Gasteiger partial charge in [0.1, 0.15) is 0 Å². The van der Waals surface area contributed by atoms with Crippen molar-refractivity contribution < 1.29 is 0 Å². The van der Waals surface area contributed by atoms with Crippen molar-refractivity contribution in [1.29, 1.82) is 0 Å². The maximum atomic E-state index is 4.66. The molecular formula is C15H22N8. The second kappa shape index (κ2) is 7.17. The summed E-state index contributed by atoms with van der Waals surface area (Å²) in [5, 5.41) is 8.27. The van der Waals surface area contributed by atoms with Gasteiger partial charge in [-0.05, 0) is 19.9 Å². The zero-order valence-corrected chi connectivity index (χ0v) is 13.6. The Hall–Kier alpha value is -2.51. The van der Waals surface area contributed by atoms with Crippen LogP contribution in [0.1, 0.15) is 13.8 Å². The average molecular weight is 314 g/mol. The van der Waals surface area contributed by atoms with E-state index in [0.717, 1.165) is 51.0 Å². The van der Waals surface area contributed by atoms with Gasteiger partial charge in [0.25, 0.3) is 0 Å². The van der Waals surface area contributed by atoms with E-state index in [9.17, 15) is 0 Å². The van der Waals surface area contributed by atoms with Crippen LogP contribution in [0.2, 0.25) is 0 Å². The standard InChI is InChI=1S/C15H22N8/c1-3-21(4-2)15-19-13(12-18-20-15)22-8-10-23(11-9-22)14-16-6-5-7-17-14/h5-7,12H,3-4,8-11H2,1-2H3. The van der Waals surface area contributed by atoms with E-state index in [0.29, 0.717) is 5.95 Å². The van der Waals surface area contributed by atoms with E-state index in [2.05, 4.69) is 53.7 Å². The molecule has 0 atom stereocenters. The molecule has 1 saturated heterocycles. The molecule has 2 aromatic heterocycles. The van der Waals surface area contributed by atoms with E-state index in [1.165, 1.54) is 0 Å². The summed E-state index contributed by atoms with van der Waals surface area (Å²) in [7, 11) is 0. The molecule has 1 aliphatic heterocycles. The van der Waals surface area contributed by atoms with Crippen LogP contribution in [-0.2, 0) is 0 Å². The minimum atomic E-state index is 0.696. The third-order valence-corrected chi connectivity index (χ3v) is 4.02. The fraction of sp³-hybridized carbons (Fsp3) is 0.533. The Morgan fingerprint density at radius 3 is 2.30 bits per heavy atom. The van der Waals surface area contributed by atoms with Gasteiger partial charge >= 0.3 is 0 Å². The van der Waals surface area contributed by atoms with Crippen molar-refractivity contribution in [1.82, 2.24) is 25.1 Å². The van der Waals surface area contributed by atoms with E-state index < -0.39 is 0 Å². The molecule has 0 radical (unpaired) electrons. The van der Waals surface area contributed by atoms with Crippen LogP contribution in [0.5, 0.6) is 0 Å². The van der Waals surface area contributed by atoms with Gasteiger partial charge in [-0.25, -0.2) is 9.97 Å². The van der Waals surface area contributed by atoms with Gasteiger partial charge in [0.15, 0.2) is 5.82 Å². The summed E-state index contributed by atoms with van der Waals surface area (Å²) in [5.74, 6) is 2.37. The van der Waals surface area contributed by atoms with Crippen molar-refractivity contribution in [2.45, 2.75) is 13.8 Å². The molecule has 3 heterocycles. The quantitative estimate of drug-likeness (QED) is 0.803. The number of rotatable bonds is 5. The summed E-state index contributed by atoms with van der Waals surface area (Å²) in [6.45, 7) is 9.42. The Bertz CT molecular complexity index is 608. The Labute approximate surface area is 136 Å². The molecule has 1 fully saturated rings. The van der Waals surface area contributed by atoms with Gasteiger partial charge in [0.2, 0.25) is 11.9 Å². The second-order valence-corrected chi connectivity index (χ2v) is 5.31. The van der Waals surface area contributed by atoms with Crippen LogP contribution in [-0.4, -0.2) is 64.4 Å². The lowest BCUT2D eigenvalue weighted by molar-refractivity contribution is 0.630. The van der Waals surface area contributed by atoms with Crippen LogP contribution in [0.3, 0.4) is 0 Å². The van der Waals surface area contributed by atoms with Crippen LogP contribution >= 0.6 is 0 Å². The number of hydrogen-bond donors (Lipinski definition) is 0. The molecule has 0 aliphatic carbocycles. The smallest absolute Gasteiger partial charge is 0.247 e. The van der Waals surface area contributed by atoms with Crippen molar-refractivity contribution in [2.24, 2.45) is 0 Å². The van der Waals surface area contributed by atoms with E-state index in [1.54, 1.807) is 18.6 Å². The fourth-order valence-corrected chi connectivity index (χ4v) is 2.67.